The van der Waals surface area contributed by atoms with E-state index in [9.17, 15) is 0 Å². The second kappa shape index (κ2) is 5.75. The molecule has 0 amide bonds. The quantitative estimate of drug-likeness (QED) is 0.839. The Morgan fingerprint density at radius 1 is 1.00 bits per heavy atom. The van der Waals surface area contributed by atoms with E-state index in [2.05, 4.69) is 57.2 Å². The van der Waals surface area contributed by atoms with Crippen molar-refractivity contribution in [3.8, 4) is 0 Å². The summed E-state index contributed by atoms with van der Waals surface area (Å²) in [6, 6.07) is 13.2. The minimum atomic E-state index is 0.331. The molecule has 2 aromatic rings. The van der Waals surface area contributed by atoms with E-state index >= 15 is 0 Å². The molecule has 1 heteroatoms. The SMILES string of the molecule is Cc1ccc2ccccc2c1CCC(C)(C)CCN. The Labute approximate surface area is 116 Å². The van der Waals surface area contributed by atoms with E-state index in [1.165, 1.54) is 28.3 Å². The van der Waals surface area contributed by atoms with E-state index in [-0.39, 0.29) is 0 Å². The third-order valence-electron chi connectivity index (χ3n) is 4.15. The van der Waals surface area contributed by atoms with E-state index in [0.717, 1.165) is 19.4 Å². The van der Waals surface area contributed by atoms with Gasteiger partial charge in [-0.15, -0.1) is 0 Å². The maximum Gasteiger partial charge on any atom is -0.00722 e. The third-order valence-corrected chi connectivity index (χ3v) is 4.15. The average Bonchev–Trinajstić information content (AvgIpc) is 2.37. The Bertz CT molecular complexity index is 555. The number of fused-ring (bicyclic) bond motifs is 1. The van der Waals surface area contributed by atoms with Gasteiger partial charge in [-0.1, -0.05) is 50.2 Å². The van der Waals surface area contributed by atoms with Crippen LogP contribution in [0.3, 0.4) is 0 Å². The van der Waals surface area contributed by atoms with Crippen LogP contribution in [0.25, 0.3) is 10.8 Å². The summed E-state index contributed by atoms with van der Waals surface area (Å²) >= 11 is 0. The zero-order chi connectivity index (χ0) is 13.9. The molecule has 0 saturated heterocycles. The highest BCUT2D eigenvalue weighted by atomic mass is 14.5. The standard InChI is InChI=1S/C18H25N/c1-14-8-9-15-6-4-5-7-17(15)16(14)10-11-18(2,3)12-13-19/h4-9H,10-13,19H2,1-3H3. The molecule has 0 spiro atoms. The van der Waals surface area contributed by atoms with E-state index in [1.807, 2.05) is 0 Å². The van der Waals surface area contributed by atoms with E-state index in [4.69, 9.17) is 5.73 Å². The Balaban J connectivity index is 2.27. The molecule has 0 radical (unpaired) electrons. The summed E-state index contributed by atoms with van der Waals surface area (Å²) in [6.45, 7) is 7.64. The molecule has 0 aliphatic heterocycles. The Hall–Kier alpha value is -1.34. The van der Waals surface area contributed by atoms with Crippen LogP contribution in [0.1, 0.15) is 37.8 Å². The molecule has 0 heterocycles. The van der Waals surface area contributed by atoms with Gasteiger partial charge in [-0.25, -0.2) is 0 Å². The van der Waals surface area contributed by atoms with Crippen LogP contribution in [-0.2, 0) is 6.42 Å². The maximum atomic E-state index is 5.70. The first-order chi connectivity index (χ1) is 9.03. The largest absolute Gasteiger partial charge is 0.330 e. The lowest BCUT2D eigenvalue weighted by Crippen LogP contribution is -2.18. The van der Waals surface area contributed by atoms with Gasteiger partial charge in [0, 0.05) is 0 Å². The van der Waals surface area contributed by atoms with Crippen molar-refractivity contribution in [2.75, 3.05) is 6.54 Å². The molecule has 0 aliphatic rings. The first-order valence-electron chi connectivity index (χ1n) is 7.21. The minimum Gasteiger partial charge on any atom is -0.330 e. The van der Waals surface area contributed by atoms with Gasteiger partial charge >= 0.3 is 0 Å². The molecule has 0 atom stereocenters. The van der Waals surface area contributed by atoms with Gasteiger partial charge in [0.05, 0.1) is 0 Å². The number of hydrogen-bond acceptors (Lipinski definition) is 1. The number of rotatable bonds is 5. The highest BCUT2D eigenvalue weighted by Crippen LogP contribution is 2.30. The van der Waals surface area contributed by atoms with Gasteiger partial charge in [0.1, 0.15) is 0 Å². The fraction of sp³-hybridized carbons (Fsp3) is 0.444. The normalized spacial score (nSPS) is 12.0. The van der Waals surface area contributed by atoms with E-state index in [1.54, 1.807) is 0 Å². The molecule has 2 rings (SSSR count). The predicted octanol–water partition coefficient (Wildman–Crippen LogP) is 4.46. The highest BCUT2D eigenvalue weighted by molar-refractivity contribution is 5.86. The summed E-state index contributed by atoms with van der Waals surface area (Å²) in [4.78, 5) is 0. The topological polar surface area (TPSA) is 26.0 Å². The molecule has 0 fully saturated rings. The van der Waals surface area contributed by atoms with Crippen molar-refractivity contribution in [2.45, 2.75) is 40.0 Å². The summed E-state index contributed by atoms with van der Waals surface area (Å²) in [5.74, 6) is 0. The molecule has 102 valence electrons. The highest BCUT2D eigenvalue weighted by Gasteiger charge is 2.17. The van der Waals surface area contributed by atoms with Gasteiger partial charge in [-0.2, -0.15) is 0 Å². The molecular weight excluding hydrogens is 230 g/mol. The fourth-order valence-electron chi connectivity index (χ4n) is 2.76. The lowest BCUT2D eigenvalue weighted by atomic mass is 9.82. The van der Waals surface area contributed by atoms with Crippen molar-refractivity contribution in [1.82, 2.24) is 0 Å². The van der Waals surface area contributed by atoms with Crippen LogP contribution in [0.2, 0.25) is 0 Å². The van der Waals surface area contributed by atoms with Gasteiger partial charge in [-0.05, 0) is 60.0 Å². The van der Waals surface area contributed by atoms with Crippen LogP contribution in [0, 0.1) is 12.3 Å². The second-order valence-corrected chi connectivity index (χ2v) is 6.29. The number of hydrogen-bond donors (Lipinski definition) is 1. The first-order valence-corrected chi connectivity index (χ1v) is 7.21. The van der Waals surface area contributed by atoms with Crippen molar-refractivity contribution >= 4 is 10.8 Å². The summed E-state index contributed by atoms with van der Waals surface area (Å²) in [5.41, 5.74) is 8.94. The molecular formula is C18H25N. The zero-order valence-electron chi connectivity index (χ0n) is 12.4. The molecule has 19 heavy (non-hydrogen) atoms. The lowest BCUT2D eigenvalue weighted by molar-refractivity contribution is 0.313. The molecule has 0 bridgehead atoms. The summed E-state index contributed by atoms with van der Waals surface area (Å²) < 4.78 is 0. The third kappa shape index (κ3) is 3.36. The summed E-state index contributed by atoms with van der Waals surface area (Å²) in [7, 11) is 0. The van der Waals surface area contributed by atoms with Gasteiger partial charge in [0.15, 0.2) is 0 Å². The molecule has 2 N–H and O–H groups in total. The monoisotopic (exact) mass is 255 g/mol. The van der Waals surface area contributed by atoms with Crippen molar-refractivity contribution < 1.29 is 0 Å². The van der Waals surface area contributed by atoms with Crippen molar-refractivity contribution in [2.24, 2.45) is 11.1 Å². The van der Waals surface area contributed by atoms with Crippen LogP contribution in [0.15, 0.2) is 36.4 Å². The Kier molecular flexibility index (Phi) is 4.26. The van der Waals surface area contributed by atoms with Gasteiger partial charge in [0.25, 0.3) is 0 Å². The van der Waals surface area contributed by atoms with E-state index < -0.39 is 0 Å². The molecule has 0 saturated carbocycles. The van der Waals surface area contributed by atoms with Gasteiger partial charge < -0.3 is 5.73 Å². The lowest BCUT2D eigenvalue weighted by Gasteiger charge is -2.24. The van der Waals surface area contributed by atoms with Crippen molar-refractivity contribution in [3.63, 3.8) is 0 Å². The minimum absolute atomic E-state index is 0.331. The van der Waals surface area contributed by atoms with Gasteiger partial charge in [0.2, 0.25) is 0 Å². The van der Waals surface area contributed by atoms with Crippen molar-refractivity contribution in [1.29, 1.82) is 0 Å². The number of benzene rings is 2. The molecule has 0 aromatic heterocycles. The molecule has 0 unspecified atom stereocenters. The van der Waals surface area contributed by atoms with Crippen LogP contribution in [0.5, 0.6) is 0 Å². The van der Waals surface area contributed by atoms with Crippen molar-refractivity contribution in [3.05, 3.63) is 47.5 Å². The Morgan fingerprint density at radius 2 is 1.74 bits per heavy atom. The van der Waals surface area contributed by atoms with Crippen LogP contribution in [0.4, 0.5) is 0 Å². The van der Waals surface area contributed by atoms with Crippen LogP contribution >= 0.6 is 0 Å². The maximum absolute atomic E-state index is 5.70. The molecule has 0 aliphatic carbocycles. The summed E-state index contributed by atoms with van der Waals surface area (Å²) in [6.07, 6.45) is 3.43. The van der Waals surface area contributed by atoms with Crippen LogP contribution in [-0.4, -0.2) is 6.54 Å². The number of nitrogens with two attached hydrogens (primary N) is 1. The smallest absolute Gasteiger partial charge is 0.00722 e. The van der Waals surface area contributed by atoms with Crippen LogP contribution < -0.4 is 5.73 Å². The first kappa shape index (κ1) is 14.1. The van der Waals surface area contributed by atoms with Gasteiger partial charge in [-0.3, -0.25) is 0 Å². The Morgan fingerprint density at radius 3 is 2.47 bits per heavy atom. The average molecular weight is 255 g/mol. The van der Waals surface area contributed by atoms with E-state index in [0.29, 0.717) is 5.41 Å². The summed E-state index contributed by atoms with van der Waals surface area (Å²) in [5, 5.41) is 2.76. The molecule has 2 aromatic carbocycles. The number of aryl methyl sites for hydroxylation is 2. The second-order valence-electron chi connectivity index (χ2n) is 6.29. The molecule has 1 nitrogen and oxygen atoms in total. The predicted molar refractivity (Wildman–Crippen MR) is 84.5 cm³/mol. The fourth-order valence-corrected chi connectivity index (χ4v) is 2.76. The zero-order valence-corrected chi connectivity index (χ0v) is 12.4.